The Hall–Kier alpha value is -2.30. The van der Waals surface area contributed by atoms with Gasteiger partial charge in [0.25, 0.3) is 0 Å². The third-order valence-corrected chi connectivity index (χ3v) is 1.75. The number of aliphatic carboxylic acids is 1. The van der Waals surface area contributed by atoms with Crippen molar-refractivity contribution in [3.05, 3.63) is 29.8 Å². The van der Waals surface area contributed by atoms with Crippen molar-refractivity contribution in [1.82, 2.24) is 0 Å². The molecule has 1 aromatic rings. The van der Waals surface area contributed by atoms with E-state index in [-0.39, 0.29) is 17.3 Å². The van der Waals surface area contributed by atoms with E-state index < -0.39 is 5.97 Å². The Morgan fingerprint density at radius 2 is 2.06 bits per heavy atom. The fourth-order valence-electron chi connectivity index (χ4n) is 1.11. The number of hydrogen-bond acceptors (Lipinski definition) is 3. The van der Waals surface area contributed by atoms with Gasteiger partial charge in [-0.2, -0.15) is 0 Å². The first-order valence-electron chi connectivity index (χ1n) is 4.50. The molecule has 0 fully saturated rings. The molecule has 84 valence electrons. The van der Waals surface area contributed by atoms with Crippen LogP contribution in [0.5, 0.6) is 5.75 Å². The Morgan fingerprint density at radius 3 is 2.62 bits per heavy atom. The van der Waals surface area contributed by atoms with Crippen LogP contribution in [-0.2, 0) is 9.59 Å². The highest BCUT2D eigenvalue weighted by Crippen LogP contribution is 2.24. The molecule has 0 aliphatic rings. The van der Waals surface area contributed by atoms with Crippen molar-refractivity contribution in [2.45, 2.75) is 6.92 Å². The Morgan fingerprint density at radius 1 is 1.38 bits per heavy atom. The van der Waals surface area contributed by atoms with Gasteiger partial charge in [-0.1, -0.05) is 6.07 Å². The summed E-state index contributed by atoms with van der Waals surface area (Å²) in [6.07, 6.45) is 2.34. The van der Waals surface area contributed by atoms with E-state index in [1.807, 2.05) is 0 Å². The number of carboxylic acid groups (broad SMARTS) is 1. The number of nitrogens with one attached hydrogen (secondary N) is 1. The lowest BCUT2D eigenvalue weighted by atomic mass is 10.1. The van der Waals surface area contributed by atoms with Crippen molar-refractivity contribution in [3.63, 3.8) is 0 Å². The van der Waals surface area contributed by atoms with Gasteiger partial charge in [-0.25, -0.2) is 4.79 Å². The average molecular weight is 221 g/mol. The maximum atomic E-state index is 10.8. The number of carboxylic acids is 1. The van der Waals surface area contributed by atoms with Gasteiger partial charge in [0.2, 0.25) is 5.91 Å². The van der Waals surface area contributed by atoms with Crippen molar-refractivity contribution in [1.29, 1.82) is 0 Å². The number of hydrogen-bond donors (Lipinski definition) is 3. The van der Waals surface area contributed by atoms with E-state index in [2.05, 4.69) is 5.32 Å². The number of amides is 1. The van der Waals surface area contributed by atoms with Gasteiger partial charge < -0.3 is 15.5 Å². The monoisotopic (exact) mass is 221 g/mol. The van der Waals surface area contributed by atoms with E-state index in [4.69, 9.17) is 5.11 Å². The lowest BCUT2D eigenvalue weighted by Crippen LogP contribution is -2.05. The highest BCUT2D eigenvalue weighted by Gasteiger charge is 2.03. The molecular formula is C11H11NO4. The largest absolute Gasteiger partial charge is 0.506 e. The first kappa shape index (κ1) is 11.8. The van der Waals surface area contributed by atoms with Crippen LogP contribution < -0.4 is 5.32 Å². The maximum Gasteiger partial charge on any atom is 0.328 e. The molecule has 1 aromatic carbocycles. The molecule has 1 rings (SSSR count). The molecule has 0 spiro atoms. The molecule has 0 radical (unpaired) electrons. The van der Waals surface area contributed by atoms with Crippen LogP contribution in [0.4, 0.5) is 5.69 Å². The minimum atomic E-state index is -1.06. The van der Waals surface area contributed by atoms with Crippen LogP contribution in [-0.4, -0.2) is 22.1 Å². The molecule has 0 aromatic heterocycles. The van der Waals surface area contributed by atoms with Crippen molar-refractivity contribution in [2.24, 2.45) is 0 Å². The molecule has 0 saturated carbocycles. The number of carbonyl (C=O) groups excluding carboxylic acids is 1. The molecule has 0 heterocycles. The summed E-state index contributed by atoms with van der Waals surface area (Å²) in [5.41, 5.74) is 0.823. The number of phenolic OH excluding ortho intramolecular Hbond substituents is 1. The van der Waals surface area contributed by atoms with Crippen LogP contribution in [0, 0.1) is 0 Å². The number of aromatic hydroxyl groups is 1. The van der Waals surface area contributed by atoms with Crippen molar-refractivity contribution >= 4 is 23.6 Å². The normalized spacial score (nSPS) is 10.3. The predicted molar refractivity (Wildman–Crippen MR) is 59.1 cm³/mol. The minimum absolute atomic E-state index is 0.0670. The van der Waals surface area contributed by atoms with Crippen LogP contribution in [0.1, 0.15) is 12.5 Å². The number of rotatable bonds is 3. The summed E-state index contributed by atoms with van der Waals surface area (Å²) in [5.74, 6) is -1.44. The molecule has 0 aliphatic carbocycles. The van der Waals surface area contributed by atoms with Crippen molar-refractivity contribution in [2.75, 3.05) is 5.32 Å². The van der Waals surface area contributed by atoms with E-state index in [1.165, 1.54) is 25.1 Å². The van der Waals surface area contributed by atoms with Gasteiger partial charge in [-0.05, 0) is 23.8 Å². The molecule has 5 heteroatoms. The van der Waals surface area contributed by atoms with Crippen LogP contribution >= 0.6 is 0 Å². The topological polar surface area (TPSA) is 86.6 Å². The summed E-state index contributed by atoms with van der Waals surface area (Å²) in [7, 11) is 0. The van der Waals surface area contributed by atoms with Gasteiger partial charge in [-0.15, -0.1) is 0 Å². The number of anilines is 1. The van der Waals surface area contributed by atoms with E-state index >= 15 is 0 Å². The zero-order chi connectivity index (χ0) is 12.1. The van der Waals surface area contributed by atoms with Gasteiger partial charge >= 0.3 is 5.97 Å². The Kier molecular flexibility index (Phi) is 3.66. The number of phenols is 1. The quantitative estimate of drug-likeness (QED) is 0.532. The van der Waals surface area contributed by atoms with Crippen LogP contribution in [0.25, 0.3) is 6.08 Å². The van der Waals surface area contributed by atoms with Crippen LogP contribution in [0.2, 0.25) is 0 Å². The average Bonchev–Trinajstić information content (AvgIpc) is 2.18. The third-order valence-electron chi connectivity index (χ3n) is 1.75. The summed E-state index contributed by atoms with van der Waals surface area (Å²) in [5, 5.41) is 20.3. The van der Waals surface area contributed by atoms with Crippen molar-refractivity contribution in [3.8, 4) is 5.75 Å². The fraction of sp³-hybridized carbons (Fsp3) is 0.0909. The molecular weight excluding hydrogens is 210 g/mol. The van der Waals surface area contributed by atoms with Gasteiger partial charge in [0.1, 0.15) is 5.75 Å². The highest BCUT2D eigenvalue weighted by molar-refractivity contribution is 5.91. The fourth-order valence-corrected chi connectivity index (χ4v) is 1.11. The van der Waals surface area contributed by atoms with E-state index in [0.29, 0.717) is 5.56 Å². The van der Waals surface area contributed by atoms with Crippen molar-refractivity contribution < 1.29 is 19.8 Å². The van der Waals surface area contributed by atoms with E-state index in [1.54, 1.807) is 6.07 Å². The highest BCUT2D eigenvalue weighted by atomic mass is 16.4. The molecule has 0 bridgehead atoms. The van der Waals surface area contributed by atoms with Gasteiger partial charge in [0, 0.05) is 13.0 Å². The minimum Gasteiger partial charge on any atom is -0.506 e. The predicted octanol–water partition coefficient (Wildman–Crippen LogP) is 1.45. The molecule has 0 aliphatic heterocycles. The summed E-state index contributed by atoms with van der Waals surface area (Å²) >= 11 is 0. The Balaban J connectivity index is 2.97. The van der Waals surface area contributed by atoms with Crippen LogP contribution in [0.3, 0.4) is 0 Å². The summed E-state index contributed by atoms with van der Waals surface area (Å²) in [6, 6.07) is 4.41. The first-order chi connectivity index (χ1) is 7.49. The molecule has 0 unspecified atom stereocenters. The van der Waals surface area contributed by atoms with E-state index in [9.17, 15) is 14.7 Å². The molecule has 16 heavy (non-hydrogen) atoms. The standard InChI is InChI=1S/C11H11NO4/c1-7(13)12-9-6-8(2-4-10(9)14)3-5-11(15)16/h2-6,14H,1H3,(H,12,13)(H,15,16). The molecule has 0 saturated heterocycles. The molecule has 0 atom stereocenters. The lowest BCUT2D eigenvalue weighted by molar-refractivity contribution is -0.131. The third kappa shape index (κ3) is 3.45. The molecule has 1 amide bonds. The second-order valence-corrected chi connectivity index (χ2v) is 3.13. The second kappa shape index (κ2) is 4.97. The Labute approximate surface area is 92.0 Å². The SMILES string of the molecule is CC(=O)Nc1cc(C=CC(=O)O)ccc1O. The summed E-state index contributed by atoms with van der Waals surface area (Å²) in [4.78, 5) is 21.1. The zero-order valence-electron chi connectivity index (χ0n) is 8.60. The molecule has 5 nitrogen and oxygen atoms in total. The molecule has 3 N–H and O–H groups in total. The number of benzene rings is 1. The van der Waals surface area contributed by atoms with Crippen LogP contribution in [0.15, 0.2) is 24.3 Å². The van der Waals surface area contributed by atoms with Gasteiger partial charge in [0.05, 0.1) is 5.69 Å². The summed E-state index contributed by atoms with van der Waals surface area (Å²) in [6.45, 7) is 1.32. The summed E-state index contributed by atoms with van der Waals surface area (Å²) < 4.78 is 0. The second-order valence-electron chi connectivity index (χ2n) is 3.13. The maximum absolute atomic E-state index is 10.8. The van der Waals surface area contributed by atoms with E-state index in [0.717, 1.165) is 6.08 Å². The first-order valence-corrected chi connectivity index (χ1v) is 4.50. The van der Waals surface area contributed by atoms with Gasteiger partial charge in [0.15, 0.2) is 0 Å². The Bertz CT molecular complexity index is 451. The number of carbonyl (C=O) groups is 2. The lowest BCUT2D eigenvalue weighted by Gasteiger charge is -2.05. The van der Waals surface area contributed by atoms with Gasteiger partial charge in [-0.3, -0.25) is 4.79 Å². The smallest absolute Gasteiger partial charge is 0.328 e. The zero-order valence-corrected chi connectivity index (χ0v) is 8.60.